The van der Waals surface area contributed by atoms with Gasteiger partial charge in [-0.3, -0.25) is 4.79 Å². The van der Waals surface area contributed by atoms with E-state index in [1.165, 1.54) is 17.5 Å². The molecule has 0 aromatic heterocycles. The molecule has 1 aliphatic heterocycles. The Labute approximate surface area is 124 Å². The van der Waals surface area contributed by atoms with Crippen LogP contribution in [0, 0.1) is 19.8 Å². The van der Waals surface area contributed by atoms with E-state index in [2.05, 4.69) is 0 Å². The molecular formula is C14H19NO5S. The zero-order valence-corrected chi connectivity index (χ0v) is 13.1. The standard InChI is InChI=1S/C14H19NO5S/c1-9-10(2)13(5-4-12(9)20-3)21(18,19)15-7-6-11(8-15)14(16)17/h4-5,11H,6-8H2,1-3H3,(H,16,17). The van der Waals surface area contributed by atoms with Crippen LogP contribution in [-0.4, -0.2) is 44.0 Å². The van der Waals surface area contributed by atoms with Gasteiger partial charge in [0.1, 0.15) is 5.75 Å². The molecular weight excluding hydrogens is 294 g/mol. The lowest BCUT2D eigenvalue weighted by molar-refractivity contribution is -0.141. The molecule has 0 saturated carbocycles. The van der Waals surface area contributed by atoms with Crippen LogP contribution < -0.4 is 4.74 Å². The second-order valence-electron chi connectivity index (χ2n) is 5.20. The summed E-state index contributed by atoms with van der Waals surface area (Å²) in [6.45, 7) is 3.80. The van der Waals surface area contributed by atoms with Gasteiger partial charge in [0.05, 0.1) is 17.9 Å². The van der Waals surface area contributed by atoms with Crippen molar-refractivity contribution in [3.05, 3.63) is 23.3 Å². The summed E-state index contributed by atoms with van der Waals surface area (Å²) in [6.07, 6.45) is 0.350. The van der Waals surface area contributed by atoms with Crippen molar-refractivity contribution >= 4 is 16.0 Å². The number of carboxylic acid groups (broad SMARTS) is 1. The molecule has 0 radical (unpaired) electrons. The summed E-state index contributed by atoms with van der Waals surface area (Å²) in [5.41, 5.74) is 1.40. The number of nitrogens with zero attached hydrogens (tertiary/aromatic N) is 1. The SMILES string of the molecule is COc1ccc(S(=O)(=O)N2CCC(C(=O)O)C2)c(C)c1C. The van der Waals surface area contributed by atoms with E-state index in [1.54, 1.807) is 19.9 Å². The molecule has 1 aliphatic rings. The number of aliphatic carboxylic acids is 1. The van der Waals surface area contributed by atoms with Gasteiger partial charge in [-0.1, -0.05) is 0 Å². The van der Waals surface area contributed by atoms with Crippen LogP contribution in [0.15, 0.2) is 17.0 Å². The van der Waals surface area contributed by atoms with Crippen molar-refractivity contribution in [2.45, 2.75) is 25.2 Å². The number of hydrogen-bond donors (Lipinski definition) is 1. The van der Waals surface area contributed by atoms with Gasteiger partial charge in [-0.25, -0.2) is 8.42 Å². The Hall–Kier alpha value is -1.60. The van der Waals surface area contributed by atoms with E-state index in [0.29, 0.717) is 17.7 Å². The maximum Gasteiger partial charge on any atom is 0.307 e. The minimum atomic E-state index is -3.67. The van der Waals surface area contributed by atoms with Gasteiger partial charge < -0.3 is 9.84 Å². The zero-order chi connectivity index (χ0) is 15.8. The number of ether oxygens (including phenoxy) is 1. The molecule has 1 unspecified atom stereocenters. The molecule has 0 bridgehead atoms. The number of rotatable bonds is 4. The molecule has 0 spiro atoms. The second kappa shape index (κ2) is 5.65. The Kier molecular flexibility index (Phi) is 4.25. The van der Waals surface area contributed by atoms with Crippen molar-refractivity contribution in [3.63, 3.8) is 0 Å². The molecule has 1 N–H and O–H groups in total. The van der Waals surface area contributed by atoms with E-state index in [9.17, 15) is 13.2 Å². The molecule has 1 aromatic rings. The fourth-order valence-electron chi connectivity index (χ4n) is 2.56. The Morgan fingerprint density at radius 3 is 2.52 bits per heavy atom. The van der Waals surface area contributed by atoms with Crippen LogP contribution in [0.3, 0.4) is 0 Å². The lowest BCUT2D eigenvalue weighted by atomic mass is 10.1. The Bertz CT molecular complexity index is 668. The number of carboxylic acids is 1. The fourth-order valence-corrected chi connectivity index (χ4v) is 4.34. The smallest absolute Gasteiger partial charge is 0.307 e. The Morgan fingerprint density at radius 2 is 2.00 bits per heavy atom. The van der Waals surface area contributed by atoms with Gasteiger partial charge in [-0.15, -0.1) is 0 Å². The van der Waals surface area contributed by atoms with Crippen LogP contribution >= 0.6 is 0 Å². The molecule has 1 aromatic carbocycles. The molecule has 1 atom stereocenters. The normalized spacial score (nSPS) is 19.7. The van der Waals surface area contributed by atoms with Crippen LogP contribution in [0.1, 0.15) is 17.5 Å². The van der Waals surface area contributed by atoms with E-state index in [0.717, 1.165) is 5.56 Å². The number of methoxy groups -OCH3 is 1. The molecule has 21 heavy (non-hydrogen) atoms. The maximum atomic E-state index is 12.7. The molecule has 0 amide bonds. The summed E-state index contributed by atoms with van der Waals surface area (Å²) in [6, 6.07) is 3.14. The third-order valence-corrected chi connectivity index (χ3v) is 6.04. The molecule has 2 rings (SSSR count). The van der Waals surface area contributed by atoms with E-state index in [1.807, 2.05) is 0 Å². The van der Waals surface area contributed by atoms with Gasteiger partial charge in [0, 0.05) is 13.1 Å². The highest BCUT2D eigenvalue weighted by Gasteiger charge is 2.36. The first-order chi connectivity index (χ1) is 9.78. The Balaban J connectivity index is 2.37. The van der Waals surface area contributed by atoms with Crippen LogP contribution in [0.25, 0.3) is 0 Å². The quantitative estimate of drug-likeness (QED) is 0.908. The summed E-state index contributed by atoms with van der Waals surface area (Å²) in [7, 11) is -2.13. The van der Waals surface area contributed by atoms with Crippen LogP contribution in [0.2, 0.25) is 0 Å². The number of hydrogen-bond acceptors (Lipinski definition) is 4. The number of benzene rings is 1. The summed E-state index contributed by atoms with van der Waals surface area (Å²) >= 11 is 0. The summed E-state index contributed by atoms with van der Waals surface area (Å²) in [5, 5.41) is 9.00. The maximum absolute atomic E-state index is 12.7. The summed E-state index contributed by atoms with van der Waals surface area (Å²) in [5.74, 6) is -0.939. The van der Waals surface area contributed by atoms with Crippen molar-refractivity contribution in [1.82, 2.24) is 4.31 Å². The van der Waals surface area contributed by atoms with Gasteiger partial charge in [-0.05, 0) is 43.5 Å². The first kappa shape index (κ1) is 15.8. The minimum absolute atomic E-state index is 0.0299. The molecule has 1 heterocycles. The molecule has 116 valence electrons. The highest BCUT2D eigenvalue weighted by Crippen LogP contribution is 2.31. The third-order valence-electron chi connectivity index (χ3n) is 4.03. The van der Waals surface area contributed by atoms with Gasteiger partial charge in [0.15, 0.2) is 0 Å². The monoisotopic (exact) mass is 313 g/mol. The fraction of sp³-hybridized carbons (Fsp3) is 0.500. The van der Waals surface area contributed by atoms with E-state index < -0.39 is 21.9 Å². The molecule has 7 heteroatoms. The lowest BCUT2D eigenvalue weighted by Gasteiger charge is -2.19. The number of sulfonamides is 1. The molecule has 1 saturated heterocycles. The molecule has 1 fully saturated rings. The van der Waals surface area contributed by atoms with Crippen molar-refractivity contribution in [2.75, 3.05) is 20.2 Å². The van der Waals surface area contributed by atoms with E-state index in [-0.39, 0.29) is 18.0 Å². The van der Waals surface area contributed by atoms with Crippen molar-refractivity contribution < 1.29 is 23.1 Å². The number of carbonyl (C=O) groups is 1. The van der Waals surface area contributed by atoms with Gasteiger partial charge in [0.2, 0.25) is 10.0 Å². The average molecular weight is 313 g/mol. The van der Waals surface area contributed by atoms with Crippen molar-refractivity contribution in [3.8, 4) is 5.75 Å². The predicted octanol–water partition coefficient (Wildman–Crippen LogP) is 1.41. The second-order valence-corrected chi connectivity index (χ2v) is 7.11. The van der Waals surface area contributed by atoms with Gasteiger partial charge in [-0.2, -0.15) is 4.31 Å². The van der Waals surface area contributed by atoms with E-state index >= 15 is 0 Å². The van der Waals surface area contributed by atoms with Gasteiger partial charge in [0.25, 0.3) is 0 Å². The summed E-state index contributed by atoms with van der Waals surface area (Å²) < 4.78 is 31.8. The first-order valence-electron chi connectivity index (χ1n) is 6.66. The molecule has 0 aliphatic carbocycles. The minimum Gasteiger partial charge on any atom is -0.496 e. The van der Waals surface area contributed by atoms with Crippen LogP contribution in [0.4, 0.5) is 0 Å². The Morgan fingerprint density at radius 1 is 1.33 bits per heavy atom. The first-order valence-corrected chi connectivity index (χ1v) is 8.10. The highest BCUT2D eigenvalue weighted by atomic mass is 32.2. The van der Waals surface area contributed by atoms with Crippen molar-refractivity contribution in [1.29, 1.82) is 0 Å². The van der Waals surface area contributed by atoms with Gasteiger partial charge >= 0.3 is 5.97 Å². The highest BCUT2D eigenvalue weighted by molar-refractivity contribution is 7.89. The lowest BCUT2D eigenvalue weighted by Crippen LogP contribution is -2.30. The molecule has 6 nitrogen and oxygen atoms in total. The summed E-state index contributed by atoms with van der Waals surface area (Å²) in [4.78, 5) is 11.2. The van der Waals surface area contributed by atoms with Crippen LogP contribution in [-0.2, 0) is 14.8 Å². The van der Waals surface area contributed by atoms with E-state index in [4.69, 9.17) is 9.84 Å². The largest absolute Gasteiger partial charge is 0.496 e. The average Bonchev–Trinajstić information content (AvgIpc) is 2.92. The third kappa shape index (κ3) is 2.75. The van der Waals surface area contributed by atoms with Crippen LogP contribution in [0.5, 0.6) is 5.75 Å². The zero-order valence-electron chi connectivity index (χ0n) is 12.3. The topological polar surface area (TPSA) is 83.9 Å². The predicted molar refractivity (Wildman–Crippen MR) is 77.0 cm³/mol. The van der Waals surface area contributed by atoms with Crippen molar-refractivity contribution in [2.24, 2.45) is 5.92 Å².